The molecule has 3 aliphatic heterocycles. The number of halogens is 2. The first kappa shape index (κ1) is 21.6. The summed E-state index contributed by atoms with van der Waals surface area (Å²) >= 11 is 1.51. The number of fused-ring (bicyclic) bond motifs is 3. The Kier molecular flexibility index (Phi) is 4.58. The van der Waals surface area contributed by atoms with Crippen LogP contribution < -0.4 is 10.2 Å². The molecule has 2 amide bonds. The number of para-hydroxylation sites is 1. The summed E-state index contributed by atoms with van der Waals surface area (Å²) in [6.07, 6.45) is 1.54. The van der Waals surface area contributed by atoms with E-state index in [2.05, 4.69) is 10.3 Å². The van der Waals surface area contributed by atoms with Gasteiger partial charge < -0.3 is 9.88 Å². The van der Waals surface area contributed by atoms with Gasteiger partial charge in [-0.3, -0.25) is 19.8 Å². The van der Waals surface area contributed by atoms with E-state index < -0.39 is 17.7 Å². The predicted molar refractivity (Wildman–Crippen MR) is 133 cm³/mol. The largest absolute Gasteiger partial charge is 0.352 e. The van der Waals surface area contributed by atoms with Crippen molar-refractivity contribution in [2.75, 3.05) is 31.1 Å². The molecule has 1 unspecified atom stereocenters. The molecule has 3 aromatic heterocycles. The lowest BCUT2D eigenvalue weighted by atomic mass is 9.97. The Morgan fingerprint density at radius 2 is 1.86 bits per heavy atom. The molecule has 0 spiro atoms. The minimum absolute atomic E-state index is 0.193. The standard InChI is InChI=1S/C25H20F2N6O2S/c26-25(27)9-13-11-32(6-7-33(13)12-25)24-29-17-4-2-1-3-15(17)20(30-24)19-18(21(34)31-22(19)35)16-10-28-23-14(16)5-8-36-23/h1-5,8,10,13,28H,6-7,9,11-12H2,(H,31,34,35). The molecule has 3 aliphatic rings. The van der Waals surface area contributed by atoms with Gasteiger partial charge in [0.05, 0.1) is 28.9 Å². The van der Waals surface area contributed by atoms with E-state index in [0.29, 0.717) is 47.7 Å². The summed E-state index contributed by atoms with van der Waals surface area (Å²) in [5, 5.41) is 5.85. The first-order valence-electron chi connectivity index (χ1n) is 11.7. The maximum atomic E-state index is 14.0. The van der Waals surface area contributed by atoms with E-state index in [1.165, 1.54) is 11.3 Å². The zero-order chi connectivity index (χ0) is 24.6. The van der Waals surface area contributed by atoms with E-state index >= 15 is 0 Å². The second-order valence-corrected chi connectivity index (χ2v) is 10.3. The number of amides is 2. The minimum Gasteiger partial charge on any atom is -0.352 e. The van der Waals surface area contributed by atoms with Crippen LogP contribution in [0.25, 0.3) is 32.3 Å². The van der Waals surface area contributed by atoms with Gasteiger partial charge in [0.15, 0.2) is 0 Å². The zero-order valence-corrected chi connectivity index (χ0v) is 19.7. The maximum absolute atomic E-state index is 14.0. The first-order chi connectivity index (χ1) is 17.4. The lowest BCUT2D eigenvalue weighted by Crippen LogP contribution is -2.50. The smallest absolute Gasteiger partial charge is 0.262 e. The summed E-state index contributed by atoms with van der Waals surface area (Å²) in [5.74, 6) is -3.32. The Hall–Kier alpha value is -3.70. The second-order valence-electron chi connectivity index (χ2n) is 9.42. The van der Waals surface area contributed by atoms with E-state index in [4.69, 9.17) is 9.97 Å². The fourth-order valence-corrected chi connectivity index (χ4v) is 6.34. The predicted octanol–water partition coefficient (Wildman–Crippen LogP) is 3.27. The fourth-order valence-electron chi connectivity index (χ4n) is 5.57. The van der Waals surface area contributed by atoms with Gasteiger partial charge in [0.1, 0.15) is 4.83 Å². The van der Waals surface area contributed by atoms with Crippen LogP contribution in [0.5, 0.6) is 0 Å². The number of imide groups is 1. The van der Waals surface area contributed by atoms with E-state index in [1.54, 1.807) is 6.20 Å². The lowest BCUT2D eigenvalue weighted by Gasteiger charge is -2.37. The van der Waals surface area contributed by atoms with Gasteiger partial charge in [-0.15, -0.1) is 11.3 Å². The van der Waals surface area contributed by atoms with Crippen molar-refractivity contribution in [3.05, 3.63) is 53.2 Å². The van der Waals surface area contributed by atoms with Gasteiger partial charge in [-0.2, -0.15) is 0 Å². The summed E-state index contributed by atoms with van der Waals surface area (Å²) in [7, 11) is 0. The van der Waals surface area contributed by atoms with Crippen molar-refractivity contribution in [1.29, 1.82) is 0 Å². The molecule has 6 heterocycles. The number of nitrogens with one attached hydrogen (secondary N) is 2. The number of H-pyrrole nitrogens is 1. The van der Waals surface area contributed by atoms with Crippen LogP contribution in [0.15, 0.2) is 41.9 Å². The van der Waals surface area contributed by atoms with Crippen LogP contribution in [-0.4, -0.2) is 69.8 Å². The molecule has 0 bridgehead atoms. The molecule has 2 N–H and O–H groups in total. The van der Waals surface area contributed by atoms with Crippen LogP contribution in [-0.2, 0) is 9.59 Å². The van der Waals surface area contributed by atoms with Crippen molar-refractivity contribution >= 4 is 61.4 Å². The number of piperazine rings is 1. The van der Waals surface area contributed by atoms with Crippen molar-refractivity contribution in [3.63, 3.8) is 0 Å². The van der Waals surface area contributed by atoms with Gasteiger partial charge in [-0.1, -0.05) is 18.2 Å². The van der Waals surface area contributed by atoms with Gasteiger partial charge in [0.25, 0.3) is 17.7 Å². The number of rotatable bonds is 3. The molecule has 0 saturated carbocycles. The number of hydrogen-bond acceptors (Lipinski definition) is 7. The number of benzene rings is 1. The number of carbonyl (C=O) groups is 2. The van der Waals surface area contributed by atoms with E-state index in [-0.39, 0.29) is 30.2 Å². The van der Waals surface area contributed by atoms with Crippen LogP contribution in [0.3, 0.4) is 0 Å². The topological polar surface area (TPSA) is 94.2 Å². The third kappa shape index (κ3) is 3.26. The van der Waals surface area contributed by atoms with Crippen LogP contribution in [0.4, 0.5) is 14.7 Å². The average Bonchev–Trinajstić information content (AvgIpc) is 3.59. The third-order valence-corrected chi connectivity index (χ3v) is 8.03. The molecule has 11 heteroatoms. The highest BCUT2D eigenvalue weighted by Gasteiger charge is 2.47. The van der Waals surface area contributed by atoms with Crippen LogP contribution in [0.1, 0.15) is 17.7 Å². The number of carbonyl (C=O) groups excluding carboxylic acids is 2. The van der Waals surface area contributed by atoms with Gasteiger partial charge in [0, 0.05) is 54.6 Å². The number of aromatic nitrogens is 3. The van der Waals surface area contributed by atoms with Gasteiger partial charge in [0.2, 0.25) is 5.95 Å². The molecule has 0 radical (unpaired) electrons. The van der Waals surface area contributed by atoms with E-state index in [0.717, 1.165) is 10.2 Å². The normalized spacial score (nSPS) is 22.2. The number of nitrogens with zero attached hydrogens (tertiary/aromatic N) is 4. The van der Waals surface area contributed by atoms with Gasteiger partial charge in [-0.25, -0.2) is 18.7 Å². The molecular weight excluding hydrogens is 486 g/mol. The summed E-state index contributed by atoms with van der Waals surface area (Å²) < 4.78 is 28.0. The molecule has 1 aromatic carbocycles. The summed E-state index contributed by atoms with van der Waals surface area (Å²) in [6, 6.07) is 8.94. The molecule has 8 nitrogen and oxygen atoms in total. The highest BCUT2D eigenvalue weighted by Crippen LogP contribution is 2.39. The summed E-state index contributed by atoms with van der Waals surface area (Å²) in [6.45, 7) is 1.13. The molecule has 2 saturated heterocycles. The highest BCUT2D eigenvalue weighted by atomic mass is 32.1. The van der Waals surface area contributed by atoms with Gasteiger partial charge in [-0.05, 0) is 17.5 Å². The number of anilines is 1. The highest BCUT2D eigenvalue weighted by molar-refractivity contribution is 7.16. The molecule has 2 fully saturated rings. The van der Waals surface area contributed by atoms with Crippen molar-refractivity contribution in [1.82, 2.24) is 25.2 Å². The number of hydrogen-bond donors (Lipinski definition) is 2. The molecule has 7 rings (SSSR count). The Labute approximate surface area is 207 Å². The lowest BCUT2D eigenvalue weighted by molar-refractivity contribution is -0.122. The van der Waals surface area contributed by atoms with Crippen molar-refractivity contribution in [2.45, 2.75) is 18.4 Å². The molecular formula is C25H20F2N6O2S. The molecule has 182 valence electrons. The molecule has 0 aliphatic carbocycles. The number of aromatic amines is 1. The van der Waals surface area contributed by atoms with Crippen molar-refractivity contribution in [2.24, 2.45) is 0 Å². The van der Waals surface area contributed by atoms with Crippen LogP contribution in [0, 0.1) is 0 Å². The summed E-state index contributed by atoms with van der Waals surface area (Å²) in [4.78, 5) is 43.5. The molecule has 36 heavy (non-hydrogen) atoms. The van der Waals surface area contributed by atoms with Crippen molar-refractivity contribution < 1.29 is 18.4 Å². The second kappa shape index (κ2) is 7.65. The Bertz CT molecular complexity index is 1610. The Morgan fingerprint density at radius 1 is 1.03 bits per heavy atom. The maximum Gasteiger partial charge on any atom is 0.262 e. The minimum atomic E-state index is -2.69. The molecule has 4 aromatic rings. The van der Waals surface area contributed by atoms with Crippen LogP contribution >= 0.6 is 11.3 Å². The van der Waals surface area contributed by atoms with Crippen LogP contribution in [0.2, 0.25) is 0 Å². The monoisotopic (exact) mass is 506 g/mol. The van der Waals surface area contributed by atoms with E-state index in [1.807, 2.05) is 45.5 Å². The summed E-state index contributed by atoms with van der Waals surface area (Å²) in [5.41, 5.74) is 2.07. The first-order valence-corrected chi connectivity index (χ1v) is 12.5. The fraction of sp³-hybridized carbons (Fsp3) is 0.280. The van der Waals surface area contributed by atoms with E-state index in [9.17, 15) is 18.4 Å². The number of alkyl halides is 2. The Morgan fingerprint density at radius 3 is 2.75 bits per heavy atom. The van der Waals surface area contributed by atoms with Crippen molar-refractivity contribution in [3.8, 4) is 0 Å². The average molecular weight is 507 g/mol. The molecule has 1 atom stereocenters. The zero-order valence-electron chi connectivity index (χ0n) is 18.9. The quantitative estimate of drug-likeness (QED) is 0.415. The number of thiophene rings is 1. The SMILES string of the molecule is O=C1NC(=O)C(c2c[nH]c3sccc23)=C1c1nc(N2CCN3CC(F)(F)CC3C2)nc2ccccc12. The Balaban J connectivity index is 1.39. The van der Waals surface area contributed by atoms with Gasteiger partial charge >= 0.3 is 0 Å². The third-order valence-electron chi connectivity index (χ3n) is 7.19.